The molecule has 1 aliphatic carbocycles. The number of ether oxygens (including phenoxy) is 3. The number of hydrogen-bond donors (Lipinski definition) is 4. The van der Waals surface area contributed by atoms with Crippen molar-refractivity contribution in [3.8, 4) is 11.5 Å². The molecule has 1 unspecified atom stereocenters. The van der Waals surface area contributed by atoms with Crippen LogP contribution in [0.4, 0.5) is 0 Å². The van der Waals surface area contributed by atoms with Crippen LogP contribution in [-0.2, 0) is 15.9 Å². The van der Waals surface area contributed by atoms with Gasteiger partial charge in [-0.2, -0.15) is 0 Å². The summed E-state index contributed by atoms with van der Waals surface area (Å²) in [5.74, 6) is -0.445. The van der Waals surface area contributed by atoms with Crippen molar-refractivity contribution in [2.75, 3.05) is 26.9 Å². The lowest BCUT2D eigenvalue weighted by Gasteiger charge is -2.42. The topological polar surface area (TPSA) is 109 Å². The fourth-order valence-corrected chi connectivity index (χ4v) is 5.35. The number of aliphatic hydroxyl groups excluding tert-OH is 3. The summed E-state index contributed by atoms with van der Waals surface area (Å²) in [5, 5.41) is 41.6. The molecule has 2 aliphatic rings. The van der Waals surface area contributed by atoms with Gasteiger partial charge < -0.3 is 34.6 Å². The Bertz CT molecular complexity index is 1010. The van der Waals surface area contributed by atoms with Gasteiger partial charge in [0.05, 0.1) is 26.4 Å². The number of phenols is 1. The largest absolute Gasteiger partial charge is 0.504 e. The molecule has 4 rings (SSSR count). The maximum atomic E-state index is 10.5. The van der Waals surface area contributed by atoms with Crippen LogP contribution in [0.5, 0.6) is 11.5 Å². The van der Waals surface area contributed by atoms with Gasteiger partial charge in [0.1, 0.15) is 6.10 Å². The second-order valence-corrected chi connectivity index (χ2v) is 9.88. The Morgan fingerprint density at radius 3 is 2.65 bits per heavy atom. The van der Waals surface area contributed by atoms with Crippen LogP contribution in [0.2, 0.25) is 5.02 Å². The van der Waals surface area contributed by atoms with E-state index in [1.165, 1.54) is 7.11 Å². The van der Waals surface area contributed by atoms with Gasteiger partial charge in [0, 0.05) is 23.5 Å². The summed E-state index contributed by atoms with van der Waals surface area (Å²) in [6.07, 6.45) is -1.91. The van der Waals surface area contributed by atoms with Crippen LogP contribution in [0.3, 0.4) is 0 Å². The molecule has 7 atom stereocenters. The van der Waals surface area contributed by atoms with E-state index in [2.05, 4.69) is 6.07 Å². The third kappa shape index (κ3) is 4.78. The molecular formula is C26H33ClO7. The maximum Gasteiger partial charge on any atom is 0.183 e. The van der Waals surface area contributed by atoms with E-state index in [0.717, 1.165) is 22.3 Å². The van der Waals surface area contributed by atoms with Crippen LogP contribution in [0, 0.1) is 24.7 Å². The molecule has 2 aromatic carbocycles. The van der Waals surface area contributed by atoms with Gasteiger partial charge in [-0.05, 0) is 65.6 Å². The predicted molar refractivity (Wildman–Crippen MR) is 127 cm³/mol. The Kier molecular flexibility index (Phi) is 7.72. The highest BCUT2D eigenvalue weighted by molar-refractivity contribution is 6.31. The molecule has 186 valence electrons. The number of phenolic OH excluding ortho intramolecular Hbond substituents is 1. The highest BCUT2D eigenvalue weighted by atomic mass is 35.5. The second kappa shape index (κ2) is 10.4. The highest BCUT2D eigenvalue weighted by Crippen LogP contribution is 2.47. The molecule has 0 bridgehead atoms. The molecule has 0 radical (unpaired) electrons. The van der Waals surface area contributed by atoms with E-state index in [1.54, 1.807) is 19.1 Å². The zero-order valence-electron chi connectivity index (χ0n) is 19.6. The molecule has 8 heteroatoms. The quantitative estimate of drug-likeness (QED) is 0.491. The normalized spacial score (nSPS) is 31.2. The van der Waals surface area contributed by atoms with Crippen molar-refractivity contribution in [1.82, 2.24) is 0 Å². The molecule has 2 aromatic rings. The maximum absolute atomic E-state index is 10.5. The van der Waals surface area contributed by atoms with Crippen molar-refractivity contribution in [2.45, 2.75) is 44.7 Å². The minimum Gasteiger partial charge on any atom is -0.504 e. The van der Waals surface area contributed by atoms with Gasteiger partial charge in [-0.25, -0.2) is 0 Å². The summed E-state index contributed by atoms with van der Waals surface area (Å²) in [6.45, 7) is 3.99. The molecule has 4 N–H and O–H groups in total. The number of hydrogen-bond acceptors (Lipinski definition) is 7. The SMILES string of the molecule is COc1cc(C2c3cc(Cl)c(C)cc3C[C@H](CO)[C@H]2CO[C@@H]2OC[C@@H](O)[C@H](C)[C@H]2O)ccc1O. The average molecular weight is 493 g/mol. The molecule has 1 heterocycles. The molecule has 1 fully saturated rings. The van der Waals surface area contributed by atoms with E-state index >= 15 is 0 Å². The molecule has 0 spiro atoms. The Labute approximate surface area is 204 Å². The molecule has 1 aliphatic heterocycles. The minimum absolute atomic E-state index is 0.0376. The monoisotopic (exact) mass is 492 g/mol. The summed E-state index contributed by atoms with van der Waals surface area (Å²) in [5.41, 5.74) is 4.02. The Morgan fingerprint density at radius 1 is 1.18 bits per heavy atom. The number of benzene rings is 2. The first-order chi connectivity index (χ1) is 16.2. The van der Waals surface area contributed by atoms with Crippen molar-refractivity contribution in [3.63, 3.8) is 0 Å². The van der Waals surface area contributed by atoms with Gasteiger partial charge in [-0.3, -0.25) is 0 Å². The zero-order valence-corrected chi connectivity index (χ0v) is 20.4. The Balaban J connectivity index is 1.72. The van der Waals surface area contributed by atoms with Crippen molar-refractivity contribution in [3.05, 3.63) is 57.6 Å². The van der Waals surface area contributed by atoms with Crippen LogP contribution in [0.1, 0.15) is 35.1 Å². The highest BCUT2D eigenvalue weighted by Gasteiger charge is 2.41. The van der Waals surface area contributed by atoms with E-state index in [1.807, 2.05) is 19.1 Å². The van der Waals surface area contributed by atoms with Crippen molar-refractivity contribution in [1.29, 1.82) is 0 Å². The van der Waals surface area contributed by atoms with Crippen LogP contribution >= 0.6 is 11.6 Å². The van der Waals surface area contributed by atoms with E-state index in [-0.39, 0.29) is 49.2 Å². The summed E-state index contributed by atoms with van der Waals surface area (Å²) >= 11 is 6.53. The standard InChI is InChI=1S/C26H33ClO7/c1-13-6-16-7-17(10-28)19(11-33-26-25(31)14(2)22(30)12-34-26)24(18(16)9-20(13)27)15-4-5-21(29)23(8-15)32-3/h4-6,8-9,14,17,19,22,24-26,28-31H,7,10-12H2,1-3H3/t14-,17+,19+,22+,24?,25+,26+/m0/s1. The third-order valence-electron chi connectivity index (χ3n) is 7.38. The number of methoxy groups -OCH3 is 1. The van der Waals surface area contributed by atoms with E-state index < -0.39 is 18.5 Å². The Hall–Kier alpha value is -1.87. The third-order valence-corrected chi connectivity index (χ3v) is 7.78. The van der Waals surface area contributed by atoms with Crippen molar-refractivity contribution in [2.24, 2.45) is 17.8 Å². The van der Waals surface area contributed by atoms with Crippen LogP contribution < -0.4 is 4.74 Å². The number of aliphatic hydroxyl groups is 3. The van der Waals surface area contributed by atoms with Gasteiger partial charge >= 0.3 is 0 Å². The number of fused-ring (bicyclic) bond motifs is 1. The number of aryl methyl sites for hydroxylation is 1. The van der Waals surface area contributed by atoms with Gasteiger partial charge in [-0.15, -0.1) is 0 Å². The van der Waals surface area contributed by atoms with E-state index in [0.29, 0.717) is 17.2 Å². The molecule has 0 saturated carbocycles. The summed E-state index contributed by atoms with van der Waals surface area (Å²) < 4.78 is 17.0. The smallest absolute Gasteiger partial charge is 0.183 e. The Morgan fingerprint density at radius 2 is 1.94 bits per heavy atom. The number of halogens is 1. The van der Waals surface area contributed by atoms with Gasteiger partial charge in [0.15, 0.2) is 17.8 Å². The fourth-order valence-electron chi connectivity index (χ4n) is 5.18. The summed E-state index contributed by atoms with van der Waals surface area (Å²) in [7, 11) is 1.50. The van der Waals surface area contributed by atoms with Crippen LogP contribution in [0.25, 0.3) is 0 Å². The molecule has 1 saturated heterocycles. The first-order valence-corrected chi connectivity index (χ1v) is 12.0. The summed E-state index contributed by atoms with van der Waals surface area (Å²) in [6, 6.07) is 9.29. The van der Waals surface area contributed by atoms with Gasteiger partial charge in [0.2, 0.25) is 0 Å². The first-order valence-electron chi connectivity index (χ1n) is 11.6. The van der Waals surface area contributed by atoms with E-state index in [9.17, 15) is 20.4 Å². The second-order valence-electron chi connectivity index (χ2n) is 9.47. The molecule has 0 aromatic heterocycles. The minimum atomic E-state index is -0.962. The molecule has 34 heavy (non-hydrogen) atoms. The zero-order chi connectivity index (χ0) is 24.6. The summed E-state index contributed by atoms with van der Waals surface area (Å²) in [4.78, 5) is 0. The predicted octanol–water partition coefficient (Wildman–Crippen LogP) is 3.01. The average Bonchev–Trinajstić information content (AvgIpc) is 2.83. The van der Waals surface area contributed by atoms with E-state index in [4.69, 9.17) is 25.8 Å². The fraction of sp³-hybridized carbons (Fsp3) is 0.538. The van der Waals surface area contributed by atoms with Crippen LogP contribution in [0.15, 0.2) is 30.3 Å². The van der Waals surface area contributed by atoms with Crippen molar-refractivity contribution < 1.29 is 34.6 Å². The van der Waals surface area contributed by atoms with Crippen molar-refractivity contribution >= 4 is 11.6 Å². The van der Waals surface area contributed by atoms with Gasteiger partial charge in [0.25, 0.3) is 0 Å². The lowest BCUT2D eigenvalue weighted by Crippen LogP contribution is -2.50. The lowest BCUT2D eigenvalue weighted by atomic mass is 9.66. The molecule has 0 amide bonds. The molecular weight excluding hydrogens is 460 g/mol. The number of aromatic hydroxyl groups is 1. The van der Waals surface area contributed by atoms with Gasteiger partial charge in [-0.1, -0.05) is 30.7 Å². The first kappa shape index (κ1) is 25.2. The van der Waals surface area contributed by atoms with Crippen LogP contribution in [-0.4, -0.2) is 65.9 Å². The molecule has 7 nitrogen and oxygen atoms in total. The lowest BCUT2D eigenvalue weighted by molar-refractivity contribution is -0.259. The number of rotatable bonds is 6.